The van der Waals surface area contributed by atoms with Gasteiger partial charge in [0, 0.05) is 5.69 Å². The van der Waals surface area contributed by atoms with Gasteiger partial charge in [0.25, 0.3) is 0 Å². The maximum atomic E-state index is 12.7. The molecular formula is C19H23NO. The summed E-state index contributed by atoms with van der Waals surface area (Å²) in [5.74, 6) is -0.00661. The lowest BCUT2D eigenvalue weighted by atomic mass is 9.93. The molecule has 1 atom stereocenters. The Balaban J connectivity index is 2.21. The van der Waals surface area contributed by atoms with Crippen LogP contribution in [-0.2, 0) is 4.79 Å². The van der Waals surface area contributed by atoms with E-state index in [0.29, 0.717) is 0 Å². The lowest BCUT2D eigenvalue weighted by molar-refractivity contribution is -0.117. The topological polar surface area (TPSA) is 29.1 Å². The quantitative estimate of drug-likeness (QED) is 0.836. The van der Waals surface area contributed by atoms with Crippen LogP contribution in [0.3, 0.4) is 0 Å². The van der Waals surface area contributed by atoms with E-state index in [1.807, 2.05) is 56.3 Å². The van der Waals surface area contributed by atoms with Crippen molar-refractivity contribution in [3.63, 3.8) is 0 Å². The molecule has 0 aliphatic heterocycles. The van der Waals surface area contributed by atoms with Crippen LogP contribution >= 0.6 is 0 Å². The van der Waals surface area contributed by atoms with Crippen molar-refractivity contribution < 1.29 is 4.79 Å². The average molecular weight is 281 g/mol. The van der Waals surface area contributed by atoms with E-state index in [4.69, 9.17) is 0 Å². The molecule has 0 heterocycles. The number of aryl methyl sites for hydroxylation is 2. The summed E-state index contributed by atoms with van der Waals surface area (Å²) in [5, 5.41) is 3.10. The molecule has 2 heteroatoms. The second-order valence-corrected chi connectivity index (χ2v) is 5.56. The van der Waals surface area contributed by atoms with Gasteiger partial charge in [0.1, 0.15) is 0 Å². The number of amides is 1. The molecule has 0 aliphatic carbocycles. The number of nitrogens with one attached hydrogen (secondary N) is 1. The molecule has 0 saturated carbocycles. The first-order valence-corrected chi connectivity index (χ1v) is 7.55. The Labute approximate surface area is 127 Å². The Morgan fingerprint density at radius 2 is 1.81 bits per heavy atom. The first kappa shape index (κ1) is 15.3. The third-order valence-electron chi connectivity index (χ3n) is 3.75. The van der Waals surface area contributed by atoms with E-state index in [1.54, 1.807) is 0 Å². The Kier molecular flexibility index (Phi) is 5.15. The van der Waals surface area contributed by atoms with Gasteiger partial charge in [-0.2, -0.15) is 0 Å². The van der Waals surface area contributed by atoms with Gasteiger partial charge >= 0.3 is 0 Å². The number of hydrogen-bond donors (Lipinski definition) is 1. The van der Waals surface area contributed by atoms with Crippen LogP contribution < -0.4 is 5.32 Å². The average Bonchev–Trinajstić information content (AvgIpc) is 2.49. The van der Waals surface area contributed by atoms with Crippen LogP contribution in [0.15, 0.2) is 48.5 Å². The monoisotopic (exact) mass is 281 g/mol. The minimum absolute atomic E-state index is 0.0803. The molecule has 0 bridgehead atoms. The van der Waals surface area contributed by atoms with Gasteiger partial charge in [-0.25, -0.2) is 0 Å². The van der Waals surface area contributed by atoms with Crippen molar-refractivity contribution in [2.75, 3.05) is 5.32 Å². The molecule has 2 rings (SSSR count). The summed E-state index contributed by atoms with van der Waals surface area (Å²) in [6.07, 6.45) is 1.85. The third-order valence-corrected chi connectivity index (χ3v) is 3.75. The second kappa shape index (κ2) is 7.07. The van der Waals surface area contributed by atoms with Gasteiger partial charge in [0.15, 0.2) is 0 Å². The Morgan fingerprint density at radius 3 is 2.48 bits per heavy atom. The summed E-state index contributed by atoms with van der Waals surface area (Å²) in [5.41, 5.74) is 4.25. The van der Waals surface area contributed by atoms with Crippen molar-refractivity contribution >= 4 is 11.6 Å². The summed E-state index contributed by atoms with van der Waals surface area (Å²) >= 11 is 0. The normalized spacial score (nSPS) is 12.0. The van der Waals surface area contributed by atoms with E-state index in [0.717, 1.165) is 35.2 Å². The predicted molar refractivity (Wildman–Crippen MR) is 88.6 cm³/mol. The molecule has 0 aliphatic rings. The highest BCUT2D eigenvalue weighted by atomic mass is 16.1. The Morgan fingerprint density at radius 1 is 1.10 bits per heavy atom. The van der Waals surface area contributed by atoms with E-state index >= 15 is 0 Å². The van der Waals surface area contributed by atoms with Crippen LogP contribution in [0.1, 0.15) is 42.4 Å². The lowest BCUT2D eigenvalue weighted by Gasteiger charge is -2.18. The van der Waals surface area contributed by atoms with Crippen molar-refractivity contribution in [2.24, 2.45) is 0 Å². The van der Waals surface area contributed by atoms with Gasteiger partial charge in [-0.1, -0.05) is 55.8 Å². The van der Waals surface area contributed by atoms with Crippen LogP contribution in [-0.4, -0.2) is 5.91 Å². The van der Waals surface area contributed by atoms with Crippen molar-refractivity contribution in [3.8, 4) is 0 Å². The van der Waals surface area contributed by atoms with Gasteiger partial charge in [-0.15, -0.1) is 0 Å². The molecule has 2 nitrogen and oxygen atoms in total. The lowest BCUT2D eigenvalue weighted by Crippen LogP contribution is -2.21. The summed E-state index contributed by atoms with van der Waals surface area (Å²) in [6.45, 7) is 6.17. The van der Waals surface area contributed by atoms with Crippen LogP contribution in [0.5, 0.6) is 0 Å². The number of carbonyl (C=O) groups excluding carboxylic acids is 1. The van der Waals surface area contributed by atoms with Crippen LogP contribution in [0.25, 0.3) is 0 Å². The molecule has 21 heavy (non-hydrogen) atoms. The van der Waals surface area contributed by atoms with Crippen LogP contribution in [0.2, 0.25) is 0 Å². The fraction of sp³-hybridized carbons (Fsp3) is 0.316. The highest BCUT2D eigenvalue weighted by molar-refractivity contribution is 5.96. The molecule has 2 aromatic rings. The zero-order chi connectivity index (χ0) is 15.2. The Hall–Kier alpha value is -2.09. The molecule has 0 unspecified atom stereocenters. The Bertz CT molecular complexity index is 604. The largest absolute Gasteiger partial charge is 0.325 e. The van der Waals surface area contributed by atoms with Gasteiger partial charge in [0.05, 0.1) is 5.92 Å². The number of benzene rings is 2. The minimum atomic E-state index is -0.0869. The molecule has 1 amide bonds. The third kappa shape index (κ3) is 3.94. The molecule has 0 spiro atoms. The molecular weight excluding hydrogens is 258 g/mol. The van der Waals surface area contributed by atoms with E-state index in [1.165, 1.54) is 0 Å². The van der Waals surface area contributed by atoms with Gasteiger partial charge in [-0.05, 0) is 43.0 Å². The second-order valence-electron chi connectivity index (χ2n) is 5.56. The SMILES string of the molecule is CCC[C@H](C(=O)Nc1cc(C)ccc1C)c1ccccc1. The molecule has 0 fully saturated rings. The smallest absolute Gasteiger partial charge is 0.231 e. The summed E-state index contributed by atoms with van der Waals surface area (Å²) in [7, 11) is 0. The number of carbonyl (C=O) groups is 1. The molecule has 0 aromatic heterocycles. The fourth-order valence-electron chi connectivity index (χ4n) is 2.51. The van der Waals surface area contributed by atoms with Gasteiger partial charge in [-0.3, -0.25) is 4.79 Å². The van der Waals surface area contributed by atoms with E-state index in [9.17, 15) is 4.79 Å². The number of rotatable bonds is 5. The standard InChI is InChI=1S/C19H23NO/c1-4-8-17(16-9-6-5-7-10-16)19(21)20-18-13-14(2)11-12-15(18)3/h5-7,9-13,17H,4,8H2,1-3H3,(H,20,21)/t17-/m0/s1. The number of hydrogen-bond acceptors (Lipinski definition) is 1. The minimum Gasteiger partial charge on any atom is -0.325 e. The van der Waals surface area contributed by atoms with Gasteiger partial charge < -0.3 is 5.32 Å². The molecule has 0 radical (unpaired) electrons. The predicted octanol–water partition coefficient (Wildman–Crippen LogP) is 4.83. The fourth-order valence-corrected chi connectivity index (χ4v) is 2.51. The van der Waals surface area contributed by atoms with Crippen LogP contribution in [0, 0.1) is 13.8 Å². The molecule has 110 valence electrons. The maximum Gasteiger partial charge on any atom is 0.231 e. The summed E-state index contributed by atoms with van der Waals surface area (Å²) in [4.78, 5) is 12.7. The van der Waals surface area contributed by atoms with E-state index in [2.05, 4.69) is 18.3 Å². The molecule has 0 saturated heterocycles. The van der Waals surface area contributed by atoms with Crippen molar-refractivity contribution in [2.45, 2.75) is 39.5 Å². The maximum absolute atomic E-state index is 12.7. The number of anilines is 1. The highest BCUT2D eigenvalue weighted by Gasteiger charge is 2.20. The van der Waals surface area contributed by atoms with Crippen LogP contribution in [0.4, 0.5) is 5.69 Å². The van der Waals surface area contributed by atoms with Crippen molar-refractivity contribution in [1.29, 1.82) is 0 Å². The zero-order valence-electron chi connectivity index (χ0n) is 13.0. The van der Waals surface area contributed by atoms with Crippen molar-refractivity contribution in [3.05, 3.63) is 65.2 Å². The van der Waals surface area contributed by atoms with Gasteiger partial charge in [0.2, 0.25) is 5.91 Å². The summed E-state index contributed by atoms with van der Waals surface area (Å²) in [6, 6.07) is 16.2. The zero-order valence-corrected chi connectivity index (χ0v) is 13.0. The van der Waals surface area contributed by atoms with E-state index < -0.39 is 0 Å². The molecule has 2 aromatic carbocycles. The van der Waals surface area contributed by atoms with E-state index in [-0.39, 0.29) is 11.8 Å². The van der Waals surface area contributed by atoms with Crippen molar-refractivity contribution in [1.82, 2.24) is 0 Å². The first-order valence-electron chi connectivity index (χ1n) is 7.55. The molecule has 1 N–H and O–H groups in total. The first-order chi connectivity index (χ1) is 10.1. The summed E-state index contributed by atoms with van der Waals surface area (Å²) < 4.78 is 0. The highest BCUT2D eigenvalue weighted by Crippen LogP contribution is 2.24.